The first-order chi connectivity index (χ1) is 5.93. The highest BCUT2D eigenvalue weighted by molar-refractivity contribution is 5.33. The standard InChI is InChI=1S/C9H14N2O/c12-9-10-5-1-2-6-11-7-3-4-8-11/h1-2H,3-8H2/b2-1-. The number of hydrogen-bond donors (Lipinski definition) is 0. The summed E-state index contributed by atoms with van der Waals surface area (Å²) in [5.41, 5.74) is 0. The second-order valence-corrected chi connectivity index (χ2v) is 2.91. The molecule has 66 valence electrons. The van der Waals surface area contributed by atoms with Crippen molar-refractivity contribution in [2.45, 2.75) is 12.8 Å². The van der Waals surface area contributed by atoms with E-state index >= 15 is 0 Å². The molecule has 0 bridgehead atoms. The van der Waals surface area contributed by atoms with Gasteiger partial charge in [0.2, 0.25) is 6.08 Å². The minimum absolute atomic E-state index is 0.470. The minimum atomic E-state index is 0.470. The number of aliphatic imine (C=N–C) groups is 1. The number of hydrogen-bond acceptors (Lipinski definition) is 3. The van der Waals surface area contributed by atoms with Gasteiger partial charge in [0, 0.05) is 6.54 Å². The van der Waals surface area contributed by atoms with E-state index in [-0.39, 0.29) is 0 Å². The average Bonchev–Trinajstić information content (AvgIpc) is 2.57. The van der Waals surface area contributed by atoms with Crippen LogP contribution in [0.1, 0.15) is 12.8 Å². The maximum absolute atomic E-state index is 9.69. The molecule has 0 aliphatic carbocycles. The van der Waals surface area contributed by atoms with Crippen LogP contribution in [0.4, 0.5) is 0 Å². The van der Waals surface area contributed by atoms with E-state index in [1.807, 2.05) is 6.08 Å². The highest BCUT2D eigenvalue weighted by Crippen LogP contribution is 2.05. The van der Waals surface area contributed by atoms with Crippen molar-refractivity contribution in [3.05, 3.63) is 12.2 Å². The van der Waals surface area contributed by atoms with Crippen LogP contribution in [0.2, 0.25) is 0 Å². The molecule has 0 amide bonds. The molecule has 1 aliphatic heterocycles. The second kappa shape index (κ2) is 5.70. The molecule has 12 heavy (non-hydrogen) atoms. The first kappa shape index (κ1) is 9.17. The maximum atomic E-state index is 9.69. The summed E-state index contributed by atoms with van der Waals surface area (Å²) in [6.45, 7) is 3.88. The molecule has 0 N–H and O–H groups in total. The van der Waals surface area contributed by atoms with Gasteiger partial charge in [-0.25, -0.2) is 9.79 Å². The zero-order chi connectivity index (χ0) is 8.65. The normalized spacial score (nSPS) is 18.3. The van der Waals surface area contributed by atoms with Crippen LogP contribution < -0.4 is 0 Å². The van der Waals surface area contributed by atoms with Crippen molar-refractivity contribution in [1.29, 1.82) is 0 Å². The first-order valence-electron chi connectivity index (χ1n) is 4.34. The fourth-order valence-corrected chi connectivity index (χ4v) is 1.35. The Morgan fingerprint density at radius 3 is 2.75 bits per heavy atom. The lowest BCUT2D eigenvalue weighted by Crippen LogP contribution is -2.18. The zero-order valence-electron chi connectivity index (χ0n) is 7.20. The van der Waals surface area contributed by atoms with Gasteiger partial charge in [0.15, 0.2) is 0 Å². The predicted molar refractivity (Wildman–Crippen MR) is 47.8 cm³/mol. The molecule has 1 heterocycles. The highest BCUT2D eigenvalue weighted by Gasteiger charge is 2.08. The molecule has 3 nitrogen and oxygen atoms in total. The molecule has 1 rings (SSSR count). The van der Waals surface area contributed by atoms with Crippen molar-refractivity contribution in [2.75, 3.05) is 26.2 Å². The molecule has 3 heteroatoms. The number of isocyanates is 1. The third-order valence-corrected chi connectivity index (χ3v) is 1.99. The van der Waals surface area contributed by atoms with Crippen molar-refractivity contribution >= 4 is 6.08 Å². The SMILES string of the molecule is O=C=NC/C=C\CN1CCCC1. The quantitative estimate of drug-likeness (QED) is 0.354. The van der Waals surface area contributed by atoms with Crippen LogP contribution in [0.15, 0.2) is 17.1 Å². The molecular formula is C9H14N2O. The molecule has 0 aromatic carbocycles. The van der Waals surface area contributed by atoms with E-state index in [1.54, 1.807) is 0 Å². The maximum Gasteiger partial charge on any atom is 0.235 e. The van der Waals surface area contributed by atoms with E-state index in [0.717, 1.165) is 6.54 Å². The Morgan fingerprint density at radius 2 is 2.08 bits per heavy atom. The van der Waals surface area contributed by atoms with E-state index in [4.69, 9.17) is 0 Å². The van der Waals surface area contributed by atoms with Crippen LogP contribution >= 0.6 is 0 Å². The molecule has 0 radical (unpaired) electrons. The van der Waals surface area contributed by atoms with Gasteiger partial charge in [-0.15, -0.1) is 0 Å². The lowest BCUT2D eigenvalue weighted by atomic mass is 10.4. The van der Waals surface area contributed by atoms with Gasteiger partial charge in [0.05, 0.1) is 6.54 Å². The Morgan fingerprint density at radius 1 is 1.33 bits per heavy atom. The Balaban J connectivity index is 2.07. The Bertz CT molecular complexity index is 189. The largest absolute Gasteiger partial charge is 0.300 e. The summed E-state index contributed by atoms with van der Waals surface area (Å²) in [6.07, 6.45) is 8.11. The van der Waals surface area contributed by atoms with Gasteiger partial charge in [-0.1, -0.05) is 12.2 Å². The topological polar surface area (TPSA) is 32.7 Å². The molecule has 0 unspecified atom stereocenters. The molecule has 0 saturated carbocycles. The lowest BCUT2D eigenvalue weighted by Gasteiger charge is -2.09. The van der Waals surface area contributed by atoms with Crippen molar-refractivity contribution < 1.29 is 4.79 Å². The van der Waals surface area contributed by atoms with E-state index in [1.165, 1.54) is 32.0 Å². The third-order valence-electron chi connectivity index (χ3n) is 1.99. The number of carbonyl (C=O) groups excluding carboxylic acids is 1. The van der Waals surface area contributed by atoms with Crippen LogP contribution in [-0.4, -0.2) is 37.2 Å². The molecule has 0 aromatic heterocycles. The van der Waals surface area contributed by atoms with E-state index < -0.39 is 0 Å². The third kappa shape index (κ3) is 3.46. The van der Waals surface area contributed by atoms with Gasteiger partial charge in [0.25, 0.3) is 0 Å². The molecule has 0 spiro atoms. The Kier molecular flexibility index (Phi) is 4.35. The number of likely N-dealkylation sites (tertiary alicyclic amines) is 1. The van der Waals surface area contributed by atoms with Crippen LogP contribution in [0.5, 0.6) is 0 Å². The summed E-state index contributed by atoms with van der Waals surface area (Å²) in [4.78, 5) is 15.5. The van der Waals surface area contributed by atoms with Gasteiger partial charge in [-0.3, -0.25) is 4.90 Å². The van der Waals surface area contributed by atoms with Crippen LogP contribution in [0.25, 0.3) is 0 Å². The smallest absolute Gasteiger partial charge is 0.235 e. The van der Waals surface area contributed by atoms with Crippen LogP contribution in [0, 0.1) is 0 Å². The molecule has 0 aromatic rings. The molecule has 1 aliphatic rings. The van der Waals surface area contributed by atoms with Crippen molar-refractivity contribution in [1.82, 2.24) is 4.90 Å². The summed E-state index contributed by atoms with van der Waals surface area (Å²) < 4.78 is 0. The van der Waals surface area contributed by atoms with Gasteiger partial charge < -0.3 is 0 Å². The average molecular weight is 166 g/mol. The first-order valence-corrected chi connectivity index (χ1v) is 4.34. The fraction of sp³-hybridized carbons (Fsp3) is 0.667. The monoisotopic (exact) mass is 166 g/mol. The summed E-state index contributed by atoms with van der Waals surface area (Å²) >= 11 is 0. The summed E-state index contributed by atoms with van der Waals surface area (Å²) in [7, 11) is 0. The van der Waals surface area contributed by atoms with Crippen molar-refractivity contribution in [2.24, 2.45) is 4.99 Å². The van der Waals surface area contributed by atoms with Crippen molar-refractivity contribution in [3.63, 3.8) is 0 Å². The zero-order valence-corrected chi connectivity index (χ0v) is 7.20. The van der Waals surface area contributed by atoms with Gasteiger partial charge in [-0.2, -0.15) is 0 Å². The fourth-order valence-electron chi connectivity index (χ4n) is 1.35. The van der Waals surface area contributed by atoms with E-state index in [2.05, 4.69) is 16.0 Å². The van der Waals surface area contributed by atoms with Gasteiger partial charge >= 0.3 is 0 Å². The molecule has 1 saturated heterocycles. The molecular weight excluding hydrogens is 152 g/mol. The second-order valence-electron chi connectivity index (χ2n) is 2.91. The lowest BCUT2D eigenvalue weighted by molar-refractivity contribution is 0.377. The minimum Gasteiger partial charge on any atom is -0.300 e. The van der Waals surface area contributed by atoms with Crippen molar-refractivity contribution in [3.8, 4) is 0 Å². The Hall–Kier alpha value is -0.920. The summed E-state index contributed by atoms with van der Waals surface area (Å²) in [5.74, 6) is 0. The van der Waals surface area contributed by atoms with Crippen LogP contribution in [-0.2, 0) is 4.79 Å². The predicted octanol–water partition coefficient (Wildman–Crippen LogP) is 0.974. The van der Waals surface area contributed by atoms with Crippen LogP contribution in [0.3, 0.4) is 0 Å². The van der Waals surface area contributed by atoms with Gasteiger partial charge in [0.1, 0.15) is 0 Å². The van der Waals surface area contributed by atoms with E-state index in [0.29, 0.717) is 6.54 Å². The number of rotatable bonds is 4. The van der Waals surface area contributed by atoms with E-state index in [9.17, 15) is 4.79 Å². The number of nitrogens with zero attached hydrogens (tertiary/aromatic N) is 2. The Labute approximate surface area is 72.8 Å². The molecule has 1 fully saturated rings. The summed E-state index contributed by atoms with van der Waals surface area (Å²) in [6, 6.07) is 0. The molecule has 0 atom stereocenters. The summed E-state index contributed by atoms with van der Waals surface area (Å²) in [5, 5.41) is 0. The van der Waals surface area contributed by atoms with Gasteiger partial charge in [-0.05, 0) is 25.9 Å². The highest BCUT2D eigenvalue weighted by atomic mass is 16.1.